The van der Waals surface area contributed by atoms with Gasteiger partial charge >= 0.3 is 0 Å². The van der Waals surface area contributed by atoms with Crippen LogP contribution in [0.25, 0.3) is 5.70 Å². The summed E-state index contributed by atoms with van der Waals surface area (Å²) < 4.78 is 0. The first kappa shape index (κ1) is 12.2. The predicted octanol–water partition coefficient (Wildman–Crippen LogP) is 4.32. The van der Waals surface area contributed by atoms with Crippen LogP contribution >= 0.6 is 11.6 Å². The highest BCUT2D eigenvalue weighted by Gasteiger charge is 2.01. The zero-order chi connectivity index (χ0) is 12.8. The lowest BCUT2D eigenvalue weighted by Crippen LogP contribution is -1.98. The van der Waals surface area contributed by atoms with E-state index < -0.39 is 0 Å². The molecule has 0 spiro atoms. The number of nitriles is 1. The number of rotatable bonds is 3. The molecule has 2 aromatic rings. The van der Waals surface area contributed by atoms with Crippen molar-refractivity contribution in [1.29, 1.82) is 5.26 Å². The first-order valence-electron chi connectivity index (χ1n) is 5.47. The molecule has 3 heteroatoms. The van der Waals surface area contributed by atoms with E-state index in [1.54, 1.807) is 12.1 Å². The van der Waals surface area contributed by atoms with Gasteiger partial charge in [-0.2, -0.15) is 5.26 Å². The Bertz CT molecular complexity index is 580. The average molecular weight is 255 g/mol. The summed E-state index contributed by atoms with van der Waals surface area (Å²) in [4.78, 5) is 0. The summed E-state index contributed by atoms with van der Waals surface area (Å²) >= 11 is 5.83. The Labute approximate surface area is 111 Å². The van der Waals surface area contributed by atoms with Crippen molar-refractivity contribution in [2.75, 3.05) is 5.32 Å². The van der Waals surface area contributed by atoms with Crippen molar-refractivity contribution < 1.29 is 0 Å². The fourth-order valence-electron chi connectivity index (χ4n) is 1.56. The van der Waals surface area contributed by atoms with Crippen molar-refractivity contribution in [3.63, 3.8) is 0 Å². The number of anilines is 1. The highest BCUT2D eigenvalue weighted by molar-refractivity contribution is 6.30. The molecular weight excluding hydrogens is 244 g/mol. The number of benzene rings is 2. The normalized spacial score (nSPS) is 10.8. The van der Waals surface area contributed by atoms with Crippen LogP contribution in [-0.2, 0) is 0 Å². The molecule has 88 valence electrons. The van der Waals surface area contributed by atoms with E-state index in [2.05, 4.69) is 5.32 Å². The molecule has 1 N–H and O–H groups in total. The Morgan fingerprint density at radius 3 is 2.33 bits per heavy atom. The van der Waals surface area contributed by atoms with Crippen molar-refractivity contribution in [1.82, 2.24) is 0 Å². The lowest BCUT2D eigenvalue weighted by Gasteiger charge is -2.10. The van der Waals surface area contributed by atoms with Crippen LogP contribution in [0.1, 0.15) is 5.56 Å². The molecule has 2 rings (SSSR count). The Morgan fingerprint density at radius 2 is 1.72 bits per heavy atom. The summed E-state index contributed by atoms with van der Waals surface area (Å²) in [6.45, 7) is 0. The summed E-state index contributed by atoms with van der Waals surface area (Å²) in [6.07, 6.45) is 1.49. The van der Waals surface area contributed by atoms with Gasteiger partial charge in [0.05, 0.1) is 11.8 Å². The van der Waals surface area contributed by atoms with E-state index in [-0.39, 0.29) is 0 Å². The van der Waals surface area contributed by atoms with Crippen LogP contribution in [0.5, 0.6) is 0 Å². The minimum Gasteiger partial charge on any atom is -0.354 e. The van der Waals surface area contributed by atoms with Gasteiger partial charge in [0.25, 0.3) is 0 Å². The van der Waals surface area contributed by atoms with E-state index >= 15 is 0 Å². The third-order valence-corrected chi connectivity index (χ3v) is 2.67. The summed E-state index contributed by atoms with van der Waals surface area (Å²) in [6, 6.07) is 19.1. The molecule has 0 heterocycles. The SMILES string of the molecule is N#C/C=C(\Nc1ccc(Cl)cc1)c1ccccc1. The lowest BCUT2D eigenvalue weighted by atomic mass is 10.1. The van der Waals surface area contributed by atoms with E-state index in [1.165, 1.54) is 6.08 Å². The van der Waals surface area contributed by atoms with Gasteiger partial charge in [0.1, 0.15) is 0 Å². The van der Waals surface area contributed by atoms with E-state index in [9.17, 15) is 0 Å². The molecule has 18 heavy (non-hydrogen) atoms. The number of allylic oxidation sites excluding steroid dienone is 1. The van der Waals surface area contributed by atoms with Crippen molar-refractivity contribution in [3.8, 4) is 6.07 Å². The second kappa shape index (κ2) is 5.90. The maximum atomic E-state index is 8.83. The van der Waals surface area contributed by atoms with E-state index in [1.807, 2.05) is 48.5 Å². The zero-order valence-corrected chi connectivity index (χ0v) is 10.4. The van der Waals surface area contributed by atoms with Crippen molar-refractivity contribution in [3.05, 3.63) is 71.3 Å². The Hall–Kier alpha value is -2.24. The highest BCUT2D eigenvalue weighted by atomic mass is 35.5. The summed E-state index contributed by atoms with van der Waals surface area (Å²) in [7, 11) is 0. The number of hydrogen-bond donors (Lipinski definition) is 1. The van der Waals surface area contributed by atoms with Crippen LogP contribution in [0.2, 0.25) is 5.02 Å². The Balaban J connectivity index is 2.26. The van der Waals surface area contributed by atoms with Gasteiger partial charge in [-0.15, -0.1) is 0 Å². The van der Waals surface area contributed by atoms with Crippen molar-refractivity contribution >= 4 is 23.0 Å². The number of hydrogen-bond acceptors (Lipinski definition) is 2. The molecule has 0 saturated heterocycles. The minimum absolute atomic E-state index is 0.686. The maximum Gasteiger partial charge on any atom is 0.0934 e. The van der Waals surface area contributed by atoms with Gasteiger partial charge in [0.2, 0.25) is 0 Å². The van der Waals surface area contributed by atoms with Crippen LogP contribution in [0.3, 0.4) is 0 Å². The molecule has 0 unspecified atom stereocenters. The molecule has 0 aliphatic carbocycles. The zero-order valence-electron chi connectivity index (χ0n) is 9.60. The molecule has 0 atom stereocenters. The standard InChI is InChI=1S/C15H11ClN2/c16-13-6-8-14(9-7-13)18-15(10-11-17)12-4-2-1-3-5-12/h1-10,18H/b15-10-. The molecule has 0 amide bonds. The average Bonchev–Trinajstić information content (AvgIpc) is 2.42. The molecular formula is C15H11ClN2. The van der Waals surface area contributed by atoms with E-state index in [4.69, 9.17) is 16.9 Å². The van der Waals surface area contributed by atoms with Crippen LogP contribution in [0.15, 0.2) is 60.7 Å². The second-order valence-electron chi connectivity index (χ2n) is 3.69. The van der Waals surface area contributed by atoms with Gasteiger partial charge in [-0.1, -0.05) is 41.9 Å². The van der Waals surface area contributed by atoms with Crippen LogP contribution in [0.4, 0.5) is 5.69 Å². The molecule has 0 bridgehead atoms. The van der Waals surface area contributed by atoms with Crippen LogP contribution in [0, 0.1) is 11.3 Å². The number of nitrogens with zero attached hydrogens (tertiary/aromatic N) is 1. The van der Waals surface area contributed by atoms with Crippen molar-refractivity contribution in [2.45, 2.75) is 0 Å². The topological polar surface area (TPSA) is 35.8 Å². The molecule has 0 radical (unpaired) electrons. The third kappa shape index (κ3) is 3.13. The smallest absolute Gasteiger partial charge is 0.0934 e. The predicted molar refractivity (Wildman–Crippen MR) is 75.1 cm³/mol. The minimum atomic E-state index is 0.686. The number of halogens is 1. The van der Waals surface area contributed by atoms with Gasteiger partial charge in [-0.25, -0.2) is 0 Å². The summed E-state index contributed by atoms with van der Waals surface area (Å²) in [5, 5.41) is 12.7. The molecule has 0 aromatic heterocycles. The van der Waals surface area contributed by atoms with E-state index in [0.29, 0.717) is 5.02 Å². The van der Waals surface area contributed by atoms with Gasteiger partial charge in [-0.05, 0) is 29.8 Å². The summed E-state index contributed by atoms with van der Waals surface area (Å²) in [5.41, 5.74) is 2.62. The first-order valence-corrected chi connectivity index (χ1v) is 5.85. The largest absolute Gasteiger partial charge is 0.354 e. The van der Waals surface area contributed by atoms with Crippen LogP contribution < -0.4 is 5.32 Å². The van der Waals surface area contributed by atoms with Gasteiger partial charge in [0.15, 0.2) is 0 Å². The van der Waals surface area contributed by atoms with Crippen molar-refractivity contribution in [2.24, 2.45) is 0 Å². The molecule has 0 saturated carbocycles. The Kier molecular flexibility index (Phi) is 4.01. The number of nitrogens with one attached hydrogen (secondary N) is 1. The molecule has 2 aromatic carbocycles. The second-order valence-corrected chi connectivity index (χ2v) is 4.12. The molecule has 0 fully saturated rings. The van der Waals surface area contributed by atoms with Gasteiger partial charge in [-0.3, -0.25) is 0 Å². The monoisotopic (exact) mass is 254 g/mol. The maximum absolute atomic E-state index is 8.83. The molecule has 2 nitrogen and oxygen atoms in total. The van der Waals surface area contributed by atoms with Gasteiger partial charge in [0, 0.05) is 16.8 Å². The third-order valence-electron chi connectivity index (χ3n) is 2.42. The highest BCUT2D eigenvalue weighted by Crippen LogP contribution is 2.20. The van der Waals surface area contributed by atoms with Gasteiger partial charge < -0.3 is 5.32 Å². The lowest BCUT2D eigenvalue weighted by molar-refractivity contribution is 1.50. The quantitative estimate of drug-likeness (QED) is 0.828. The van der Waals surface area contributed by atoms with Crippen LogP contribution in [-0.4, -0.2) is 0 Å². The Morgan fingerprint density at radius 1 is 1.06 bits per heavy atom. The fraction of sp³-hybridized carbons (Fsp3) is 0. The summed E-state index contributed by atoms with van der Waals surface area (Å²) in [5.74, 6) is 0. The fourth-order valence-corrected chi connectivity index (χ4v) is 1.69. The molecule has 0 aliphatic rings. The first-order chi connectivity index (χ1) is 8.79. The molecule has 0 aliphatic heterocycles. The van der Waals surface area contributed by atoms with E-state index in [0.717, 1.165) is 16.9 Å².